The molecule has 2 rings (SSSR count). The fraction of sp³-hybridized carbons (Fsp3) is 0.417. The lowest BCUT2D eigenvalue weighted by atomic mass is 10.4. The molecule has 3 nitrogen and oxygen atoms in total. The van der Waals surface area contributed by atoms with Gasteiger partial charge in [0.15, 0.2) is 0 Å². The van der Waals surface area contributed by atoms with Crippen molar-refractivity contribution in [2.75, 3.05) is 14.1 Å². The van der Waals surface area contributed by atoms with Crippen LogP contribution in [-0.2, 0) is 19.6 Å². The summed E-state index contributed by atoms with van der Waals surface area (Å²) >= 11 is 6.99. The Balaban J connectivity index is 1.88. The third kappa shape index (κ3) is 4.13. The molecule has 18 heavy (non-hydrogen) atoms. The van der Waals surface area contributed by atoms with Gasteiger partial charge in [0.25, 0.3) is 0 Å². The van der Waals surface area contributed by atoms with Crippen molar-refractivity contribution in [3.63, 3.8) is 0 Å². The van der Waals surface area contributed by atoms with Crippen LogP contribution < -0.4 is 5.32 Å². The molecule has 2 aromatic heterocycles. The summed E-state index contributed by atoms with van der Waals surface area (Å²) in [5, 5.41) is 8.54. The summed E-state index contributed by atoms with van der Waals surface area (Å²) in [6, 6.07) is 2.18. The highest BCUT2D eigenvalue weighted by Crippen LogP contribution is 2.21. The van der Waals surface area contributed by atoms with Crippen LogP contribution in [-0.4, -0.2) is 24.0 Å². The molecular formula is C12H16BrN3S2. The molecule has 98 valence electrons. The SMILES string of the molecule is CNCc1nc(CN(C)Cc2cc(Br)cs2)cs1. The molecule has 0 fully saturated rings. The van der Waals surface area contributed by atoms with E-state index in [2.05, 4.69) is 55.0 Å². The van der Waals surface area contributed by atoms with Gasteiger partial charge in [-0.15, -0.1) is 22.7 Å². The average molecular weight is 346 g/mol. The summed E-state index contributed by atoms with van der Waals surface area (Å²) in [4.78, 5) is 8.25. The molecule has 2 heterocycles. The summed E-state index contributed by atoms with van der Waals surface area (Å²) in [6.07, 6.45) is 0. The van der Waals surface area contributed by atoms with Gasteiger partial charge in [-0.3, -0.25) is 4.90 Å². The predicted octanol–water partition coefficient (Wildman–Crippen LogP) is 3.32. The number of hydrogen-bond donors (Lipinski definition) is 1. The molecule has 2 aromatic rings. The van der Waals surface area contributed by atoms with E-state index in [0.717, 1.165) is 30.3 Å². The van der Waals surface area contributed by atoms with Gasteiger partial charge in [0, 0.05) is 39.7 Å². The molecule has 0 aromatic carbocycles. The number of rotatable bonds is 6. The van der Waals surface area contributed by atoms with E-state index in [4.69, 9.17) is 0 Å². The third-order valence-electron chi connectivity index (χ3n) is 2.41. The van der Waals surface area contributed by atoms with Gasteiger partial charge in [-0.2, -0.15) is 0 Å². The fourth-order valence-electron chi connectivity index (χ4n) is 1.69. The van der Waals surface area contributed by atoms with E-state index < -0.39 is 0 Å². The van der Waals surface area contributed by atoms with Gasteiger partial charge >= 0.3 is 0 Å². The zero-order chi connectivity index (χ0) is 13.0. The molecule has 6 heteroatoms. The van der Waals surface area contributed by atoms with Crippen LogP contribution in [0.25, 0.3) is 0 Å². The predicted molar refractivity (Wildman–Crippen MR) is 82.1 cm³/mol. The molecule has 0 atom stereocenters. The Bertz CT molecular complexity index is 495. The standard InChI is InChI=1S/C12H16BrN3S2/c1-14-4-12-15-10(8-18-12)5-16(2)6-11-3-9(13)7-17-11/h3,7-8,14H,4-6H2,1-2H3. The summed E-state index contributed by atoms with van der Waals surface area (Å²) in [5.74, 6) is 0. The summed E-state index contributed by atoms with van der Waals surface area (Å²) in [5.41, 5.74) is 1.16. The molecule has 0 unspecified atom stereocenters. The second-order valence-corrected chi connectivity index (χ2v) is 7.02. The second kappa shape index (κ2) is 6.77. The quantitative estimate of drug-likeness (QED) is 0.870. The van der Waals surface area contributed by atoms with Gasteiger partial charge in [-0.25, -0.2) is 4.98 Å². The van der Waals surface area contributed by atoms with E-state index in [1.165, 1.54) is 9.35 Å². The maximum atomic E-state index is 4.60. The van der Waals surface area contributed by atoms with Crippen LogP contribution in [0.4, 0.5) is 0 Å². The van der Waals surface area contributed by atoms with Crippen LogP contribution in [0.2, 0.25) is 0 Å². The summed E-state index contributed by atoms with van der Waals surface area (Å²) in [7, 11) is 4.08. The van der Waals surface area contributed by atoms with E-state index in [1.54, 1.807) is 22.7 Å². The van der Waals surface area contributed by atoms with Gasteiger partial charge in [-0.1, -0.05) is 0 Å². The monoisotopic (exact) mass is 345 g/mol. The zero-order valence-corrected chi connectivity index (χ0v) is 13.7. The zero-order valence-electron chi connectivity index (χ0n) is 10.4. The summed E-state index contributed by atoms with van der Waals surface area (Å²) in [6.45, 7) is 2.72. The number of hydrogen-bond acceptors (Lipinski definition) is 5. The van der Waals surface area contributed by atoms with Gasteiger partial charge in [-0.05, 0) is 36.1 Å². The molecule has 0 aliphatic carbocycles. The van der Waals surface area contributed by atoms with E-state index >= 15 is 0 Å². The number of nitrogens with one attached hydrogen (secondary N) is 1. The number of thiazole rings is 1. The van der Waals surface area contributed by atoms with Crippen molar-refractivity contribution >= 4 is 38.6 Å². The van der Waals surface area contributed by atoms with Crippen molar-refractivity contribution in [2.45, 2.75) is 19.6 Å². The van der Waals surface area contributed by atoms with Crippen LogP contribution in [0.3, 0.4) is 0 Å². The first-order chi connectivity index (χ1) is 8.67. The average Bonchev–Trinajstić information content (AvgIpc) is 2.89. The molecule has 0 aliphatic rings. The Kier molecular flexibility index (Phi) is 5.32. The smallest absolute Gasteiger partial charge is 0.107 e. The Morgan fingerprint density at radius 2 is 2.17 bits per heavy atom. The largest absolute Gasteiger partial charge is 0.314 e. The van der Waals surface area contributed by atoms with Gasteiger partial charge in [0.1, 0.15) is 5.01 Å². The number of nitrogens with zero attached hydrogens (tertiary/aromatic N) is 2. The van der Waals surface area contributed by atoms with Crippen molar-refractivity contribution in [2.24, 2.45) is 0 Å². The van der Waals surface area contributed by atoms with Crippen LogP contribution in [0.15, 0.2) is 21.3 Å². The second-order valence-electron chi connectivity index (χ2n) is 4.17. The topological polar surface area (TPSA) is 28.2 Å². The van der Waals surface area contributed by atoms with Crippen LogP contribution in [0.1, 0.15) is 15.6 Å². The number of aromatic nitrogens is 1. The first-order valence-electron chi connectivity index (χ1n) is 5.66. The van der Waals surface area contributed by atoms with Crippen LogP contribution >= 0.6 is 38.6 Å². The fourth-order valence-corrected chi connectivity index (χ4v) is 4.02. The van der Waals surface area contributed by atoms with Gasteiger partial charge in [0.2, 0.25) is 0 Å². The summed E-state index contributed by atoms with van der Waals surface area (Å²) < 4.78 is 1.17. The highest BCUT2D eigenvalue weighted by molar-refractivity contribution is 9.10. The van der Waals surface area contributed by atoms with Crippen molar-refractivity contribution < 1.29 is 0 Å². The maximum absolute atomic E-state index is 4.60. The Morgan fingerprint density at radius 1 is 1.33 bits per heavy atom. The van der Waals surface area contributed by atoms with Crippen LogP contribution in [0.5, 0.6) is 0 Å². The molecule has 1 N–H and O–H groups in total. The molecule has 0 saturated heterocycles. The molecule has 0 aliphatic heterocycles. The van der Waals surface area contributed by atoms with Gasteiger partial charge in [0.05, 0.1) is 5.69 Å². The van der Waals surface area contributed by atoms with Crippen molar-refractivity contribution in [1.82, 2.24) is 15.2 Å². The Morgan fingerprint density at radius 3 is 2.83 bits per heavy atom. The van der Waals surface area contributed by atoms with Crippen molar-refractivity contribution in [3.8, 4) is 0 Å². The lowest BCUT2D eigenvalue weighted by Crippen LogP contribution is -2.16. The highest BCUT2D eigenvalue weighted by atomic mass is 79.9. The van der Waals surface area contributed by atoms with E-state index in [1.807, 2.05) is 7.05 Å². The van der Waals surface area contributed by atoms with E-state index in [9.17, 15) is 0 Å². The minimum atomic E-state index is 0.853. The molecule has 0 saturated carbocycles. The molecular weight excluding hydrogens is 330 g/mol. The van der Waals surface area contributed by atoms with Gasteiger partial charge < -0.3 is 5.32 Å². The molecule has 0 spiro atoms. The van der Waals surface area contributed by atoms with Crippen LogP contribution in [0, 0.1) is 0 Å². The minimum Gasteiger partial charge on any atom is -0.314 e. The van der Waals surface area contributed by atoms with Crippen molar-refractivity contribution in [3.05, 3.63) is 36.9 Å². The van der Waals surface area contributed by atoms with Crippen molar-refractivity contribution in [1.29, 1.82) is 0 Å². The first kappa shape index (κ1) is 14.1. The Labute approximate surface area is 124 Å². The molecule has 0 radical (unpaired) electrons. The highest BCUT2D eigenvalue weighted by Gasteiger charge is 2.07. The Hall–Kier alpha value is -0.270. The minimum absolute atomic E-state index is 0.853. The normalized spacial score (nSPS) is 11.3. The number of halogens is 1. The third-order valence-corrected chi connectivity index (χ3v) is 4.99. The maximum Gasteiger partial charge on any atom is 0.107 e. The lowest BCUT2D eigenvalue weighted by Gasteiger charge is -2.13. The number of thiophene rings is 1. The first-order valence-corrected chi connectivity index (χ1v) is 8.22. The molecule has 0 amide bonds. The van der Waals surface area contributed by atoms with E-state index in [-0.39, 0.29) is 0 Å². The lowest BCUT2D eigenvalue weighted by molar-refractivity contribution is 0.318. The van der Waals surface area contributed by atoms with E-state index in [0.29, 0.717) is 0 Å². The molecule has 0 bridgehead atoms.